The van der Waals surface area contributed by atoms with Gasteiger partial charge < -0.3 is 9.64 Å². The number of amides is 1. The summed E-state index contributed by atoms with van der Waals surface area (Å²) in [5.41, 5.74) is 4.66. The van der Waals surface area contributed by atoms with Crippen LogP contribution in [0.1, 0.15) is 36.3 Å². The molecule has 33 heavy (non-hydrogen) atoms. The van der Waals surface area contributed by atoms with Gasteiger partial charge in [-0.15, -0.1) is 0 Å². The number of allylic oxidation sites excluding steroid dienone is 1. The lowest BCUT2D eigenvalue weighted by atomic mass is 9.94. The van der Waals surface area contributed by atoms with Crippen molar-refractivity contribution in [2.24, 2.45) is 0 Å². The number of ether oxygens (including phenoxy) is 1. The van der Waals surface area contributed by atoms with Crippen LogP contribution in [0.4, 0.5) is 0 Å². The molecule has 0 bridgehead atoms. The summed E-state index contributed by atoms with van der Waals surface area (Å²) in [4.78, 5) is 14.9. The van der Waals surface area contributed by atoms with E-state index in [1.807, 2.05) is 60.4 Å². The van der Waals surface area contributed by atoms with Gasteiger partial charge in [0.25, 0.3) is 5.91 Å². The van der Waals surface area contributed by atoms with Crippen LogP contribution in [0.15, 0.2) is 90.5 Å². The number of hydrogen-bond donors (Lipinski definition) is 0. The van der Waals surface area contributed by atoms with Crippen molar-refractivity contribution >= 4 is 5.91 Å². The Kier molecular flexibility index (Phi) is 6.90. The maximum Gasteiger partial charge on any atom is 0.264 e. The van der Waals surface area contributed by atoms with Crippen LogP contribution in [-0.2, 0) is 4.79 Å². The third-order valence-corrected chi connectivity index (χ3v) is 6.34. The number of para-hydroxylation sites is 1. The zero-order chi connectivity index (χ0) is 23.2. The highest BCUT2D eigenvalue weighted by Crippen LogP contribution is 2.34. The standard InChI is InChI=1S/C29H28N2O2/c1-21(22-9-4-3-5-10-22)17-26(19-30)29(32)31-16-15-25(20-31)23-11-8-12-24(18-23)27-13-6-7-14-28(27)33-2/h3-14,17-18,21,25H,15-16,20H2,1-2H3/b26-17+. The van der Waals surface area contributed by atoms with Crippen molar-refractivity contribution in [3.63, 3.8) is 0 Å². The van der Waals surface area contributed by atoms with Crippen molar-refractivity contribution in [3.8, 4) is 22.9 Å². The molecule has 0 radical (unpaired) electrons. The molecule has 0 aliphatic carbocycles. The van der Waals surface area contributed by atoms with E-state index in [2.05, 4.69) is 36.4 Å². The average Bonchev–Trinajstić information content (AvgIpc) is 3.38. The van der Waals surface area contributed by atoms with E-state index in [1.165, 1.54) is 5.56 Å². The molecule has 3 aromatic rings. The quantitative estimate of drug-likeness (QED) is 0.355. The molecule has 166 valence electrons. The molecule has 1 aliphatic heterocycles. The van der Waals surface area contributed by atoms with E-state index < -0.39 is 0 Å². The highest BCUT2D eigenvalue weighted by molar-refractivity contribution is 5.97. The normalized spacial score (nSPS) is 16.8. The number of nitrogens with zero attached hydrogens (tertiary/aromatic N) is 2. The number of rotatable bonds is 6. The molecule has 1 fully saturated rings. The van der Waals surface area contributed by atoms with Gasteiger partial charge in [0.1, 0.15) is 17.4 Å². The summed E-state index contributed by atoms with van der Waals surface area (Å²) in [6.07, 6.45) is 2.67. The molecule has 2 atom stereocenters. The maximum absolute atomic E-state index is 13.1. The lowest BCUT2D eigenvalue weighted by molar-refractivity contribution is -0.125. The Morgan fingerprint density at radius 1 is 1.09 bits per heavy atom. The van der Waals surface area contributed by atoms with Crippen molar-refractivity contribution < 1.29 is 9.53 Å². The van der Waals surface area contributed by atoms with Gasteiger partial charge in [0.2, 0.25) is 0 Å². The number of carbonyl (C=O) groups excluding carboxylic acids is 1. The summed E-state index contributed by atoms with van der Waals surface area (Å²) in [5.74, 6) is 0.911. The first-order valence-electron chi connectivity index (χ1n) is 11.3. The van der Waals surface area contributed by atoms with Crippen LogP contribution in [0, 0.1) is 11.3 Å². The number of methoxy groups -OCH3 is 1. The van der Waals surface area contributed by atoms with E-state index in [0.717, 1.165) is 28.9 Å². The Morgan fingerprint density at radius 2 is 1.85 bits per heavy atom. The molecule has 3 aromatic carbocycles. The zero-order valence-corrected chi connectivity index (χ0v) is 19.1. The van der Waals surface area contributed by atoms with Crippen LogP contribution >= 0.6 is 0 Å². The second kappa shape index (κ2) is 10.2. The monoisotopic (exact) mass is 436 g/mol. The number of nitriles is 1. The van der Waals surface area contributed by atoms with Crippen LogP contribution < -0.4 is 4.74 Å². The molecule has 0 saturated carbocycles. The van der Waals surface area contributed by atoms with Crippen LogP contribution in [0.25, 0.3) is 11.1 Å². The fourth-order valence-corrected chi connectivity index (χ4v) is 4.49. The molecule has 0 spiro atoms. The summed E-state index contributed by atoms with van der Waals surface area (Å²) >= 11 is 0. The van der Waals surface area contributed by atoms with E-state index >= 15 is 0 Å². The number of hydrogen-bond acceptors (Lipinski definition) is 3. The van der Waals surface area contributed by atoms with Gasteiger partial charge in [-0.2, -0.15) is 5.26 Å². The van der Waals surface area contributed by atoms with Crippen molar-refractivity contribution in [1.82, 2.24) is 4.90 Å². The molecule has 1 heterocycles. The third kappa shape index (κ3) is 4.99. The Hall–Kier alpha value is -3.84. The van der Waals surface area contributed by atoms with Crippen LogP contribution in [0.3, 0.4) is 0 Å². The molecule has 1 amide bonds. The Bertz CT molecular complexity index is 1190. The fourth-order valence-electron chi connectivity index (χ4n) is 4.49. The zero-order valence-electron chi connectivity index (χ0n) is 19.1. The van der Waals surface area contributed by atoms with Crippen LogP contribution in [0.5, 0.6) is 5.75 Å². The molecule has 0 N–H and O–H groups in total. The van der Waals surface area contributed by atoms with Gasteiger partial charge in [0.15, 0.2) is 0 Å². The largest absolute Gasteiger partial charge is 0.496 e. The molecule has 1 saturated heterocycles. The first-order valence-corrected chi connectivity index (χ1v) is 11.3. The minimum atomic E-state index is -0.177. The van der Waals surface area contributed by atoms with Crippen molar-refractivity contribution in [2.45, 2.75) is 25.2 Å². The third-order valence-electron chi connectivity index (χ3n) is 6.34. The van der Waals surface area contributed by atoms with Gasteiger partial charge in [-0.1, -0.05) is 85.8 Å². The topological polar surface area (TPSA) is 53.3 Å². The van der Waals surface area contributed by atoms with E-state index in [9.17, 15) is 10.1 Å². The van der Waals surface area contributed by atoms with E-state index in [0.29, 0.717) is 13.1 Å². The van der Waals surface area contributed by atoms with Crippen molar-refractivity contribution in [2.75, 3.05) is 20.2 Å². The van der Waals surface area contributed by atoms with Crippen LogP contribution in [-0.4, -0.2) is 31.0 Å². The summed E-state index contributed by atoms with van der Waals surface area (Å²) < 4.78 is 5.53. The highest BCUT2D eigenvalue weighted by atomic mass is 16.5. The van der Waals surface area contributed by atoms with Gasteiger partial charge in [-0.05, 0) is 29.2 Å². The second-order valence-electron chi connectivity index (χ2n) is 8.45. The summed E-state index contributed by atoms with van der Waals surface area (Å²) in [6, 6.07) is 28.5. The highest BCUT2D eigenvalue weighted by Gasteiger charge is 2.29. The van der Waals surface area contributed by atoms with E-state index in [4.69, 9.17) is 4.74 Å². The van der Waals surface area contributed by atoms with Gasteiger partial charge in [0.05, 0.1) is 7.11 Å². The molecular weight excluding hydrogens is 408 g/mol. The van der Waals surface area contributed by atoms with E-state index in [1.54, 1.807) is 13.2 Å². The molecule has 4 nitrogen and oxygen atoms in total. The number of carbonyl (C=O) groups is 1. The molecule has 0 aromatic heterocycles. The number of benzene rings is 3. The Labute approximate surface area is 195 Å². The average molecular weight is 437 g/mol. The van der Waals surface area contributed by atoms with Gasteiger partial charge >= 0.3 is 0 Å². The second-order valence-corrected chi connectivity index (χ2v) is 8.45. The molecular formula is C29H28N2O2. The Morgan fingerprint density at radius 3 is 2.61 bits per heavy atom. The minimum Gasteiger partial charge on any atom is -0.496 e. The molecule has 1 aliphatic rings. The molecule has 4 heteroatoms. The van der Waals surface area contributed by atoms with Crippen molar-refractivity contribution in [1.29, 1.82) is 5.26 Å². The fraction of sp³-hybridized carbons (Fsp3) is 0.241. The maximum atomic E-state index is 13.1. The van der Waals surface area contributed by atoms with Crippen molar-refractivity contribution in [3.05, 3.63) is 102 Å². The smallest absolute Gasteiger partial charge is 0.264 e. The van der Waals surface area contributed by atoms with Gasteiger partial charge in [-0.25, -0.2) is 0 Å². The molecule has 4 rings (SSSR count). The lowest BCUT2D eigenvalue weighted by Crippen LogP contribution is -2.29. The first-order chi connectivity index (χ1) is 16.1. The van der Waals surface area contributed by atoms with Crippen LogP contribution in [0.2, 0.25) is 0 Å². The first kappa shape index (κ1) is 22.4. The Balaban J connectivity index is 1.50. The summed E-state index contributed by atoms with van der Waals surface area (Å²) in [5, 5.41) is 9.67. The van der Waals surface area contributed by atoms with Gasteiger partial charge in [-0.3, -0.25) is 4.79 Å². The lowest BCUT2D eigenvalue weighted by Gasteiger charge is -2.17. The summed E-state index contributed by atoms with van der Waals surface area (Å²) in [6.45, 7) is 3.28. The SMILES string of the molecule is COc1ccccc1-c1cccc(C2CCN(C(=O)/C(C#N)=C/C(C)c3ccccc3)C2)c1. The summed E-state index contributed by atoms with van der Waals surface area (Å²) in [7, 11) is 1.68. The van der Waals surface area contributed by atoms with Gasteiger partial charge in [0, 0.05) is 30.5 Å². The van der Waals surface area contributed by atoms with E-state index in [-0.39, 0.29) is 23.3 Å². The predicted molar refractivity (Wildman–Crippen MR) is 131 cm³/mol. The number of likely N-dealkylation sites (tertiary alicyclic amines) is 1. The predicted octanol–water partition coefficient (Wildman–Crippen LogP) is 5.93. The minimum absolute atomic E-state index is 0.000680. The molecule has 2 unspecified atom stereocenters.